The van der Waals surface area contributed by atoms with Crippen LogP contribution in [-0.4, -0.2) is 45.1 Å². The van der Waals surface area contributed by atoms with Gasteiger partial charge in [-0.1, -0.05) is 19.9 Å². The highest BCUT2D eigenvalue weighted by Gasteiger charge is 2.22. The third kappa shape index (κ3) is 6.52. The van der Waals surface area contributed by atoms with Gasteiger partial charge >= 0.3 is 10.1 Å². The number of carbonyl (C=O) groups is 1. The number of hydrogen-bond donors (Lipinski definition) is 0. The van der Waals surface area contributed by atoms with Gasteiger partial charge in [-0.05, 0) is 38.0 Å². The molecule has 29 heavy (non-hydrogen) atoms. The Balaban J connectivity index is 2.41. The van der Waals surface area contributed by atoms with Crippen LogP contribution < -0.4 is 9.08 Å². The van der Waals surface area contributed by atoms with Crippen molar-refractivity contribution < 1.29 is 21.8 Å². The number of anilines is 1. The quantitative estimate of drug-likeness (QED) is 0.543. The van der Waals surface area contributed by atoms with Crippen LogP contribution in [0.3, 0.4) is 0 Å². The molecule has 0 atom stereocenters. The fourth-order valence-corrected chi connectivity index (χ4v) is 3.60. The van der Waals surface area contributed by atoms with E-state index in [4.69, 9.17) is 8.60 Å². The molecule has 7 nitrogen and oxygen atoms in total. The van der Waals surface area contributed by atoms with E-state index in [0.717, 1.165) is 25.0 Å². The lowest BCUT2D eigenvalue weighted by molar-refractivity contribution is 0.0690. The third-order valence-electron chi connectivity index (χ3n) is 4.39. The highest BCUT2D eigenvalue weighted by Crippen LogP contribution is 2.29. The first-order valence-electron chi connectivity index (χ1n) is 9.74. The molecule has 0 unspecified atom stereocenters. The van der Waals surface area contributed by atoms with Crippen LogP contribution >= 0.6 is 0 Å². The van der Waals surface area contributed by atoms with Crippen molar-refractivity contribution in [2.45, 2.75) is 34.2 Å². The van der Waals surface area contributed by atoms with E-state index in [9.17, 15) is 13.2 Å². The second kappa shape index (κ2) is 9.82. The van der Waals surface area contributed by atoms with Crippen LogP contribution in [0.25, 0.3) is 0 Å². The number of benzene rings is 1. The van der Waals surface area contributed by atoms with Crippen LogP contribution in [0.4, 0.5) is 5.69 Å². The average molecular weight is 423 g/mol. The Morgan fingerprint density at radius 2 is 1.86 bits per heavy atom. The van der Waals surface area contributed by atoms with Crippen LogP contribution in [0.15, 0.2) is 41.0 Å². The van der Waals surface area contributed by atoms with Crippen LogP contribution in [0.5, 0.6) is 5.75 Å². The zero-order valence-electron chi connectivity index (χ0n) is 17.7. The first kappa shape index (κ1) is 22.8. The molecule has 160 valence electrons. The molecule has 0 N–H and O–H groups in total. The second-order valence-electron chi connectivity index (χ2n) is 7.31. The minimum Gasteiger partial charge on any atom is -0.459 e. The lowest BCUT2D eigenvalue weighted by Gasteiger charge is -2.26. The van der Waals surface area contributed by atoms with Gasteiger partial charge < -0.3 is 18.4 Å². The summed E-state index contributed by atoms with van der Waals surface area (Å²) in [7, 11) is -3.72. The SMILES string of the molecule is CCN(CC)c1ccc(CN(CC(C)C)C(=O)c2ccco2)c(OS(C)(=O)=O)c1. The maximum Gasteiger partial charge on any atom is 0.306 e. The Hall–Kier alpha value is -2.48. The van der Waals surface area contributed by atoms with Crippen LogP contribution in [-0.2, 0) is 16.7 Å². The molecule has 1 amide bonds. The summed E-state index contributed by atoms with van der Waals surface area (Å²) in [6.45, 7) is 10.4. The van der Waals surface area contributed by atoms with Gasteiger partial charge in [0.2, 0.25) is 0 Å². The Morgan fingerprint density at radius 1 is 1.17 bits per heavy atom. The lowest BCUT2D eigenvalue weighted by Crippen LogP contribution is -2.33. The fraction of sp³-hybridized carbons (Fsp3) is 0.476. The summed E-state index contributed by atoms with van der Waals surface area (Å²) in [5.74, 6) is 0.457. The van der Waals surface area contributed by atoms with Crippen molar-refractivity contribution in [1.29, 1.82) is 0 Å². The Kier molecular flexibility index (Phi) is 7.73. The fourth-order valence-electron chi connectivity index (χ4n) is 3.12. The number of amides is 1. The molecule has 0 saturated carbocycles. The second-order valence-corrected chi connectivity index (χ2v) is 8.88. The summed E-state index contributed by atoms with van der Waals surface area (Å²) >= 11 is 0. The van der Waals surface area contributed by atoms with Crippen molar-refractivity contribution in [2.75, 3.05) is 30.8 Å². The molecule has 0 aliphatic rings. The van der Waals surface area contributed by atoms with Gasteiger partial charge in [-0.2, -0.15) is 8.42 Å². The summed E-state index contributed by atoms with van der Waals surface area (Å²) in [4.78, 5) is 16.6. The number of furan rings is 1. The van der Waals surface area contributed by atoms with Crippen molar-refractivity contribution in [1.82, 2.24) is 4.90 Å². The normalized spacial score (nSPS) is 11.5. The first-order chi connectivity index (χ1) is 13.6. The largest absolute Gasteiger partial charge is 0.459 e. The van der Waals surface area contributed by atoms with E-state index in [0.29, 0.717) is 12.1 Å². The molecule has 1 aromatic carbocycles. The highest BCUT2D eigenvalue weighted by molar-refractivity contribution is 7.86. The van der Waals surface area contributed by atoms with Gasteiger partial charge in [0.05, 0.1) is 12.5 Å². The molecule has 1 heterocycles. The van der Waals surface area contributed by atoms with Crippen molar-refractivity contribution in [3.63, 3.8) is 0 Å². The van der Waals surface area contributed by atoms with Gasteiger partial charge in [0.25, 0.3) is 5.91 Å². The van der Waals surface area contributed by atoms with Gasteiger partial charge in [0.1, 0.15) is 5.75 Å². The van der Waals surface area contributed by atoms with E-state index in [1.165, 1.54) is 6.26 Å². The summed E-state index contributed by atoms with van der Waals surface area (Å²) in [6.07, 6.45) is 2.47. The molecule has 0 bridgehead atoms. The van der Waals surface area contributed by atoms with Crippen LogP contribution in [0.1, 0.15) is 43.8 Å². The van der Waals surface area contributed by atoms with E-state index < -0.39 is 10.1 Å². The summed E-state index contributed by atoms with van der Waals surface area (Å²) < 4.78 is 34.2. The van der Waals surface area contributed by atoms with Gasteiger partial charge in [0.15, 0.2) is 5.76 Å². The van der Waals surface area contributed by atoms with Gasteiger partial charge in [-0.3, -0.25) is 4.79 Å². The van der Waals surface area contributed by atoms with Crippen LogP contribution in [0.2, 0.25) is 0 Å². The van der Waals surface area contributed by atoms with Gasteiger partial charge in [-0.25, -0.2) is 0 Å². The summed E-state index contributed by atoms with van der Waals surface area (Å²) in [5.41, 5.74) is 1.48. The molecule has 0 spiro atoms. The number of carbonyl (C=O) groups excluding carboxylic acids is 1. The molecular formula is C21H30N2O5S. The topological polar surface area (TPSA) is 80.1 Å². The first-order valence-corrected chi connectivity index (χ1v) is 11.6. The molecule has 2 aromatic rings. The Bertz CT molecular complexity index is 903. The van der Waals surface area contributed by atoms with Crippen LogP contribution in [0, 0.1) is 5.92 Å². The minimum atomic E-state index is -3.72. The maximum absolute atomic E-state index is 12.9. The number of nitrogens with zero attached hydrogens (tertiary/aromatic N) is 2. The van der Waals surface area contributed by atoms with Gasteiger partial charge in [0, 0.05) is 43.5 Å². The molecule has 0 aliphatic heterocycles. The van der Waals surface area contributed by atoms with E-state index in [2.05, 4.69) is 4.90 Å². The molecule has 0 aliphatic carbocycles. The molecule has 8 heteroatoms. The molecular weight excluding hydrogens is 392 g/mol. The zero-order valence-corrected chi connectivity index (χ0v) is 18.5. The van der Waals surface area contributed by atoms with E-state index in [-0.39, 0.29) is 29.9 Å². The summed E-state index contributed by atoms with van der Waals surface area (Å²) in [5, 5.41) is 0. The predicted octanol–water partition coefficient (Wildman–Crippen LogP) is 3.76. The Morgan fingerprint density at radius 3 is 2.38 bits per heavy atom. The highest BCUT2D eigenvalue weighted by atomic mass is 32.2. The standard InChI is InChI=1S/C21H30N2O5S/c1-6-22(7-2)18-11-10-17(20(13-18)28-29(5,25)26)15-23(14-16(3)4)21(24)19-9-8-12-27-19/h8-13,16H,6-7,14-15H2,1-5H3. The lowest BCUT2D eigenvalue weighted by atomic mass is 10.1. The van der Waals surface area contributed by atoms with Crippen molar-refractivity contribution >= 4 is 21.7 Å². The Labute approximate surface area is 173 Å². The number of hydrogen-bond acceptors (Lipinski definition) is 6. The van der Waals surface area contributed by atoms with Crippen molar-refractivity contribution in [2.24, 2.45) is 5.92 Å². The average Bonchev–Trinajstić information content (AvgIpc) is 3.16. The molecule has 1 aromatic heterocycles. The van der Waals surface area contributed by atoms with Crippen molar-refractivity contribution in [3.05, 3.63) is 47.9 Å². The molecule has 2 rings (SSSR count). The van der Waals surface area contributed by atoms with E-state index in [1.807, 2.05) is 39.8 Å². The van der Waals surface area contributed by atoms with Crippen molar-refractivity contribution in [3.8, 4) is 5.75 Å². The molecule has 0 radical (unpaired) electrons. The molecule has 0 saturated heterocycles. The van der Waals surface area contributed by atoms with Gasteiger partial charge in [-0.15, -0.1) is 0 Å². The number of rotatable bonds is 10. The minimum absolute atomic E-state index is 0.209. The zero-order chi connectivity index (χ0) is 21.6. The van der Waals surface area contributed by atoms with E-state index in [1.54, 1.807) is 23.1 Å². The smallest absolute Gasteiger partial charge is 0.306 e. The third-order valence-corrected chi connectivity index (χ3v) is 4.87. The molecule has 0 fully saturated rings. The van der Waals surface area contributed by atoms with E-state index >= 15 is 0 Å². The summed E-state index contributed by atoms with van der Waals surface area (Å²) in [6, 6.07) is 8.73. The predicted molar refractivity (Wildman–Crippen MR) is 114 cm³/mol. The maximum atomic E-state index is 12.9. The monoisotopic (exact) mass is 422 g/mol.